The lowest BCUT2D eigenvalue weighted by Crippen LogP contribution is -2.49. The predicted molar refractivity (Wildman–Crippen MR) is 107 cm³/mol. The molecule has 0 radical (unpaired) electrons. The molecule has 2 aromatic rings. The maximum absolute atomic E-state index is 12.4. The van der Waals surface area contributed by atoms with E-state index in [-0.39, 0.29) is 5.91 Å². The van der Waals surface area contributed by atoms with Crippen molar-refractivity contribution < 1.29 is 4.79 Å². The first-order valence-electron chi connectivity index (χ1n) is 9.63. The Morgan fingerprint density at radius 3 is 2.52 bits per heavy atom. The molecule has 0 spiro atoms. The number of piperazine rings is 1. The molecule has 27 heavy (non-hydrogen) atoms. The molecule has 2 aliphatic rings. The summed E-state index contributed by atoms with van der Waals surface area (Å²) in [5, 5.41) is 0. The van der Waals surface area contributed by atoms with Crippen molar-refractivity contribution in [3.63, 3.8) is 0 Å². The van der Waals surface area contributed by atoms with Gasteiger partial charge in [-0.25, -0.2) is 4.98 Å². The molecular formula is C21H25N5O. The molecule has 0 bridgehead atoms. The van der Waals surface area contributed by atoms with Gasteiger partial charge in [0, 0.05) is 37.8 Å². The van der Waals surface area contributed by atoms with Gasteiger partial charge in [-0.1, -0.05) is 30.3 Å². The second-order valence-corrected chi connectivity index (χ2v) is 7.10. The van der Waals surface area contributed by atoms with Gasteiger partial charge in [0.2, 0.25) is 11.9 Å². The number of carbonyl (C=O) groups is 1. The fraction of sp³-hybridized carbons (Fsp3) is 0.381. The van der Waals surface area contributed by atoms with Gasteiger partial charge in [0.15, 0.2) is 0 Å². The van der Waals surface area contributed by atoms with Crippen molar-refractivity contribution in [2.75, 3.05) is 36.8 Å². The normalized spacial score (nSPS) is 17.2. The summed E-state index contributed by atoms with van der Waals surface area (Å²) in [5.74, 6) is 1.38. The van der Waals surface area contributed by atoms with Crippen LogP contribution in [-0.4, -0.2) is 47.0 Å². The third kappa shape index (κ3) is 3.94. The van der Waals surface area contributed by atoms with Gasteiger partial charge < -0.3 is 15.5 Å². The second kappa shape index (κ2) is 7.78. The molecule has 1 saturated heterocycles. The number of carbonyl (C=O) groups excluding carboxylic acids is 1. The fourth-order valence-electron chi connectivity index (χ4n) is 3.71. The molecule has 1 aliphatic heterocycles. The van der Waals surface area contributed by atoms with Crippen LogP contribution in [-0.2, 0) is 17.6 Å². The number of fused-ring (bicyclic) bond motifs is 1. The lowest BCUT2D eigenvalue weighted by atomic mass is 9.96. The third-order valence-corrected chi connectivity index (χ3v) is 5.30. The van der Waals surface area contributed by atoms with Crippen LogP contribution in [0.3, 0.4) is 0 Å². The number of hydrogen-bond acceptors (Lipinski definition) is 5. The highest BCUT2D eigenvalue weighted by atomic mass is 16.2. The zero-order valence-electron chi connectivity index (χ0n) is 15.5. The Morgan fingerprint density at radius 1 is 1.00 bits per heavy atom. The summed E-state index contributed by atoms with van der Waals surface area (Å²) in [5.41, 5.74) is 9.43. The van der Waals surface area contributed by atoms with Crippen LogP contribution in [0.1, 0.15) is 29.7 Å². The minimum Gasteiger partial charge on any atom is -0.383 e. The number of nitrogens with zero attached hydrogens (tertiary/aromatic N) is 4. The van der Waals surface area contributed by atoms with Gasteiger partial charge in [-0.15, -0.1) is 0 Å². The number of aryl methyl sites for hydroxylation is 1. The molecule has 1 amide bonds. The minimum absolute atomic E-state index is 0.0457. The molecule has 6 nitrogen and oxygen atoms in total. The van der Waals surface area contributed by atoms with Crippen LogP contribution < -0.4 is 10.6 Å². The number of aromatic nitrogens is 2. The lowest BCUT2D eigenvalue weighted by molar-refractivity contribution is -0.126. The zero-order chi connectivity index (χ0) is 18.6. The Kier molecular flexibility index (Phi) is 5.05. The highest BCUT2D eigenvalue weighted by Crippen LogP contribution is 2.26. The average molecular weight is 363 g/mol. The highest BCUT2D eigenvalue weighted by molar-refractivity contribution is 5.91. The first-order chi connectivity index (χ1) is 13.2. The summed E-state index contributed by atoms with van der Waals surface area (Å²) in [6, 6.07) is 9.87. The molecule has 0 unspecified atom stereocenters. The summed E-state index contributed by atoms with van der Waals surface area (Å²) in [6.07, 6.45) is 7.81. The standard InChI is InChI=1S/C21H25N5O/c22-20-17-8-4-5-9-18(17)23-21(24-20)26-14-12-25(13-15-26)19(27)11-10-16-6-2-1-3-7-16/h1-3,6-7,10-11H,4-5,8-9,12-15H2,(H2,22,23,24)/b11-10+. The fourth-order valence-corrected chi connectivity index (χ4v) is 3.71. The Labute approximate surface area is 159 Å². The summed E-state index contributed by atoms with van der Waals surface area (Å²) >= 11 is 0. The molecule has 2 heterocycles. The molecule has 1 aromatic carbocycles. The van der Waals surface area contributed by atoms with E-state index in [0.29, 0.717) is 24.9 Å². The third-order valence-electron chi connectivity index (χ3n) is 5.30. The van der Waals surface area contributed by atoms with Crippen molar-refractivity contribution >= 4 is 23.7 Å². The van der Waals surface area contributed by atoms with Crippen molar-refractivity contribution in [1.29, 1.82) is 0 Å². The quantitative estimate of drug-likeness (QED) is 0.847. The van der Waals surface area contributed by atoms with Gasteiger partial charge in [0.05, 0.1) is 5.69 Å². The van der Waals surface area contributed by atoms with Crippen LogP contribution in [0, 0.1) is 0 Å². The van der Waals surface area contributed by atoms with Crippen molar-refractivity contribution in [2.24, 2.45) is 0 Å². The van der Waals surface area contributed by atoms with E-state index >= 15 is 0 Å². The van der Waals surface area contributed by atoms with Gasteiger partial charge in [-0.05, 0) is 37.3 Å². The Bertz CT molecular complexity index is 841. The molecule has 1 fully saturated rings. The van der Waals surface area contributed by atoms with E-state index in [1.54, 1.807) is 6.08 Å². The maximum Gasteiger partial charge on any atom is 0.246 e. The van der Waals surface area contributed by atoms with Gasteiger partial charge >= 0.3 is 0 Å². The van der Waals surface area contributed by atoms with Gasteiger partial charge in [-0.2, -0.15) is 4.98 Å². The topological polar surface area (TPSA) is 75.3 Å². The lowest BCUT2D eigenvalue weighted by Gasteiger charge is -2.34. The summed E-state index contributed by atoms with van der Waals surface area (Å²) < 4.78 is 0. The number of rotatable bonds is 3. The number of nitrogen functional groups attached to an aromatic ring is 1. The van der Waals surface area contributed by atoms with Crippen molar-refractivity contribution in [1.82, 2.24) is 14.9 Å². The molecule has 4 rings (SSSR count). The number of hydrogen-bond donors (Lipinski definition) is 1. The molecule has 6 heteroatoms. The molecule has 1 aromatic heterocycles. The first kappa shape index (κ1) is 17.5. The van der Waals surface area contributed by atoms with Gasteiger partial charge in [-0.3, -0.25) is 4.79 Å². The van der Waals surface area contributed by atoms with E-state index in [4.69, 9.17) is 10.7 Å². The Morgan fingerprint density at radius 2 is 1.74 bits per heavy atom. The molecule has 2 N–H and O–H groups in total. The van der Waals surface area contributed by atoms with Crippen molar-refractivity contribution in [3.05, 3.63) is 53.2 Å². The van der Waals surface area contributed by atoms with Crippen LogP contribution in [0.15, 0.2) is 36.4 Å². The highest BCUT2D eigenvalue weighted by Gasteiger charge is 2.24. The molecule has 0 saturated carbocycles. The Hall–Kier alpha value is -2.89. The summed E-state index contributed by atoms with van der Waals surface area (Å²) in [6.45, 7) is 2.78. The van der Waals surface area contributed by atoms with Crippen molar-refractivity contribution in [2.45, 2.75) is 25.7 Å². The monoisotopic (exact) mass is 363 g/mol. The Balaban J connectivity index is 1.38. The molecular weight excluding hydrogens is 338 g/mol. The predicted octanol–water partition coefficient (Wildman–Crippen LogP) is 2.30. The summed E-state index contributed by atoms with van der Waals surface area (Å²) in [4.78, 5) is 25.7. The van der Waals surface area contributed by atoms with E-state index in [2.05, 4.69) is 9.88 Å². The van der Waals surface area contributed by atoms with E-state index in [0.717, 1.165) is 49.2 Å². The second-order valence-electron chi connectivity index (χ2n) is 7.10. The van der Waals surface area contributed by atoms with Crippen LogP contribution >= 0.6 is 0 Å². The smallest absolute Gasteiger partial charge is 0.246 e. The minimum atomic E-state index is 0.0457. The SMILES string of the molecule is Nc1nc(N2CCN(C(=O)/C=C/c3ccccc3)CC2)nc2c1CCCC2. The largest absolute Gasteiger partial charge is 0.383 e. The van der Waals surface area contributed by atoms with Gasteiger partial charge in [0.1, 0.15) is 5.82 Å². The van der Waals surface area contributed by atoms with Gasteiger partial charge in [0.25, 0.3) is 0 Å². The first-order valence-corrected chi connectivity index (χ1v) is 9.63. The number of amides is 1. The van der Waals surface area contributed by atoms with Crippen molar-refractivity contribution in [3.8, 4) is 0 Å². The van der Waals surface area contributed by atoms with Crippen LogP contribution in [0.25, 0.3) is 6.08 Å². The average Bonchev–Trinajstić information content (AvgIpc) is 2.73. The van der Waals surface area contributed by atoms with E-state index in [1.165, 1.54) is 6.42 Å². The van der Waals surface area contributed by atoms with E-state index in [9.17, 15) is 4.79 Å². The number of nitrogens with two attached hydrogens (primary N) is 1. The van der Waals surface area contributed by atoms with E-state index in [1.807, 2.05) is 41.3 Å². The number of benzene rings is 1. The molecule has 140 valence electrons. The van der Waals surface area contributed by atoms with Crippen LogP contribution in [0.4, 0.5) is 11.8 Å². The zero-order valence-corrected chi connectivity index (χ0v) is 15.5. The van der Waals surface area contributed by atoms with Crippen LogP contribution in [0.2, 0.25) is 0 Å². The molecule has 1 aliphatic carbocycles. The maximum atomic E-state index is 12.4. The summed E-state index contributed by atoms with van der Waals surface area (Å²) in [7, 11) is 0. The number of anilines is 2. The van der Waals surface area contributed by atoms with E-state index < -0.39 is 0 Å². The van der Waals surface area contributed by atoms with Crippen LogP contribution in [0.5, 0.6) is 0 Å². The molecule has 0 atom stereocenters.